The smallest absolute Gasteiger partial charge is 0.292 e. The maximum atomic E-state index is 11.3. The highest BCUT2D eigenvalue weighted by Gasteiger charge is 2.22. The zero-order valence-electron chi connectivity index (χ0n) is 14.6. The van der Waals surface area contributed by atoms with Crippen LogP contribution in [0.3, 0.4) is 0 Å². The van der Waals surface area contributed by atoms with Gasteiger partial charge in [0.15, 0.2) is 6.79 Å². The first-order valence-corrected chi connectivity index (χ1v) is 11.9. The third-order valence-corrected chi connectivity index (χ3v) is 5.50. The van der Waals surface area contributed by atoms with Crippen LogP contribution in [0.25, 0.3) is 0 Å². The van der Waals surface area contributed by atoms with E-state index in [0.717, 1.165) is 6.04 Å². The van der Waals surface area contributed by atoms with Crippen LogP contribution in [0.2, 0.25) is 25.7 Å². The molecule has 1 aliphatic heterocycles. The summed E-state index contributed by atoms with van der Waals surface area (Å²) in [6.45, 7) is 10.1. The van der Waals surface area contributed by atoms with Crippen LogP contribution in [-0.2, 0) is 9.47 Å². The molecule has 0 saturated carbocycles. The minimum atomic E-state index is -1.11. The average molecular weight is 354 g/mol. The van der Waals surface area contributed by atoms with Crippen molar-refractivity contribution in [3.63, 3.8) is 0 Å². The molecule has 2 rings (SSSR count). The molecule has 0 bridgehead atoms. The minimum absolute atomic E-state index is 0.0869. The summed E-state index contributed by atoms with van der Waals surface area (Å²) in [5, 5.41) is 11.3. The molecule has 0 atom stereocenters. The van der Waals surface area contributed by atoms with Crippen molar-refractivity contribution in [3.8, 4) is 5.75 Å². The normalized spacial score (nSPS) is 15.4. The number of hydrogen-bond acceptors (Lipinski definition) is 6. The molecule has 1 aromatic carbocycles. The second-order valence-electron chi connectivity index (χ2n) is 6.99. The molecule has 0 radical (unpaired) electrons. The number of hydrogen-bond donors (Lipinski definition) is 0. The van der Waals surface area contributed by atoms with Gasteiger partial charge in [0.1, 0.15) is 11.4 Å². The fourth-order valence-corrected chi connectivity index (χ4v) is 3.11. The first-order chi connectivity index (χ1) is 11.4. The number of rotatable bonds is 8. The van der Waals surface area contributed by atoms with Crippen LogP contribution in [0.1, 0.15) is 0 Å². The van der Waals surface area contributed by atoms with E-state index in [1.807, 2.05) is 4.90 Å². The third kappa shape index (κ3) is 5.77. The molecule has 0 aliphatic carbocycles. The minimum Gasteiger partial charge on any atom is -0.467 e. The Morgan fingerprint density at radius 1 is 1.29 bits per heavy atom. The summed E-state index contributed by atoms with van der Waals surface area (Å²) in [5.74, 6) is 0.579. The van der Waals surface area contributed by atoms with Crippen molar-refractivity contribution in [2.45, 2.75) is 25.7 Å². The van der Waals surface area contributed by atoms with Crippen LogP contribution in [0.4, 0.5) is 11.4 Å². The number of anilines is 1. The van der Waals surface area contributed by atoms with Gasteiger partial charge in [-0.05, 0) is 12.1 Å². The lowest BCUT2D eigenvalue weighted by molar-refractivity contribution is -0.384. The van der Waals surface area contributed by atoms with Crippen molar-refractivity contribution in [1.29, 1.82) is 0 Å². The van der Waals surface area contributed by atoms with Crippen LogP contribution in [-0.4, -0.2) is 52.7 Å². The number of nitro groups is 1. The Labute approximate surface area is 143 Å². The summed E-state index contributed by atoms with van der Waals surface area (Å²) in [6.07, 6.45) is 0. The lowest BCUT2D eigenvalue weighted by Crippen LogP contribution is -2.36. The first-order valence-electron chi connectivity index (χ1n) is 8.18. The molecule has 1 heterocycles. The van der Waals surface area contributed by atoms with Gasteiger partial charge >= 0.3 is 0 Å². The summed E-state index contributed by atoms with van der Waals surface area (Å²) in [6, 6.07) is 5.90. The number of ether oxygens (including phenoxy) is 3. The summed E-state index contributed by atoms with van der Waals surface area (Å²) in [5.41, 5.74) is 0.659. The number of nitro benzene ring substituents is 1. The Bertz CT molecular complexity index is 556. The summed E-state index contributed by atoms with van der Waals surface area (Å²) < 4.78 is 16.4. The molecule has 0 N–H and O–H groups in total. The lowest BCUT2D eigenvalue weighted by Gasteiger charge is -2.28. The number of nitrogens with zero attached hydrogens (tertiary/aromatic N) is 2. The quantitative estimate of drug-likeness (QED) is 0.235. The Hall–Kier alpha value is -1.64. The van der Waals surface area contributed by atoms with Crippen molar-refractivity contribution in [2.75, 3.05) is 44.6 Å². The van der Waals surface area contributed by atoms with Crippen LogP contribution in [0.5, 0.6) is 5.75 Å². The van der Waals surface area contributed by atoms with Gasteiger partial charge in [-0.25, -0.2) is 0 Å². The van der Waals surface area contributed by atoms with E-state index in [0.29, 0.717) is 44.3 Å². The van der Waals surface area contributed by atoms with Gasteiger partial charge in [0.2, 0.25) is 0 Å². The standard InChI is InChI=1S/C16H26N2O5Si/c1-24(2,3)11-10-22-13-23-14-4-5-15(18(19)20)16(12-14)17-6-8-21-9-7-17/h4-5,12H,6-11,13H2,1-3H3. The van der Waals surface area contributed by atoms with E-state index in [4.69, 9.17) is 14.2 Å². The third-order valence-electron chi connectivity index (χ3n) is 3.80. The van der Waals surface area contributed by atoms with Crippen molar-refractivity contribution >= 4 is 19.4 Å². The molecule has 0 amide bonds. The van der Waals surface area contributed by atoms with E-state index >= 15 is 0 Å². The van der Waals surface area contributed by atoms with Crippen molar-refractivity contribution in [3.05, 3.63) is 28.3 Å². The first kappa shape index (κ1) is 18.7. The Morgan fingerprint density at radius 3 is 2.62 bits per heavy atom. The Kier molecular flexibility index (Phi) is 6.58. The monoisotopic (exact) mass is 354 g/mol. The van der Waals surface area contributed by atoms with Crippen molar-refractivity contribution in [1.82, 2.24) is 0 Å². The van der Waals surface area contributed by atoms with Gasteiger partial charge in [-0.3, -0.25) is 10.1 Å². The summed E-state index contributed by atoms with van der Waals surface area (Å²) in [4.78, 5) is 12.9. The predicted molar refractivity (Wildman–Crippen MR) is 95.7 cm³/mol. The van der Waals surface area contributed by atoms with E-state index in [1.165, 1.54) is 6.07 Å². The van der Waals surface area contributed by atoms with E-state index < -0.39 is 8.07 Å². The van der Waals surface area contributed by atoms with E-state index in [1.54, 1.807) is 12.1 Å². The van der Waals surface area contributed by atoms with Crippen LogP contribution >= 0.6 is 0 Å². The van der Waals surface area contributed by atoms with Gasteiger partial charge < -0.3 is 19.1 Å². The fourth-order valence-electron chi connectivity index (χ4n) is 2.35. The molecule has 1 aliphatic rings. The molecule has 7 nitrogen and oxygen atoms in total. The van der Waals surface area contributed by atoms with E-state index in [-0.39, 0.29) is 17.4 Å². The highest BCUT2D eigenvalue weighted by molar-refractivity contribution is 6.76. The SMILES string of the molecule is C[Si](C)(C)CCOCOc1ccc([N+](=O)[O-])c(N2CCOCC2)c1. The zero-order valence-corrected chi connectivity index (χ0v) is 15.6. The molecule has 134 valence electrons. The molecule has 8 heteroatoms. The van der Waals surface area contributed by atoms with Gasteiger partial charge in [-0.15, -0.1) is 0 Å². The van der Waals surface area contributed by atoms with Crippen molar-refractivity contribution in [2.24, 2.45) is 0 Å². The van der Waals surface area contributed by atoms with Gasteiger partial charge in [0.05, 0.1) is 18.1 Å². The van der Waals surface area contributed by atoms with Gasteiger partial charge in [-0.1, -0.05) is 19.6 Å². The molecule has 0 aromatic heterocycles. The highest BCUT2D eigenvalue weighted by Crippen LogP contribution is 2.32. The molecule has 1 fully saturated rings. The lowest BCUT2D eigenvalue weighted by atomic mass is 10.2. The van der Waals surface area contributed by atoms with Crippen LogP contribution in [0, 0.1) is 10.1 Å². The second-order valence-corrected chi connectivity index (χ2v) is 12.6. The van der Waals surface area contributed by atoms with E-state index in [9.17, 15) is 10.1 Å². The zero-order chi connectivity index (χ0) is 17.6. The van der Waals surface area contributed by atoms with E-state index in [2.05, 4.69) is 19.6 Å². The Balaban J connectivity index is 1.97. The average Bonchev–Trinajstić information content (AvgIpc) is 2.54. The molecule has 1 saturated heterocycles. The maximum Gasteiger partial charge on any atom is 0.292 e. The predicted octanol–water partition coefficient (Wildman–Crippen LogP) is 3.12. The number of benzene rings is 1. The largest absolute Gasteiger partial charge is 0.467 e. The molecule has 24 heavy (non-hydrogen) atoms. The van der Waals surface area contributed by atoms with Gasteiger partial charge in [-0.2, -0.15) is 0 Å². The molecular weight excluding hydrogens is 328 g/mol. The molecular formula is C16H26N2O5Si. The molecule has 0 unspecified atom stereocenters. The Morgan fingerprint density at radius 2 is 2.00 bits per heavy atom. The van der Waals surface area contributed by atoms with Gasteiger partial charge in [0, 0.05) is 39.9 Å². The second kappa shape index (κ2) is 8.45. The van der Waals surface area contributed by atoms with Crippen LogP contribution < -0.4 is 9.64 Å². The van der Waals surface area contributed by atoms with Crippen LogP contribution in [0.15, 0.2) is 18.2 Å². The van der Waals surface area contributed by atoms with Gasteiger partial charge in [0.25, 0.3) is 5.69 Å². The van der Waals surface area contributed by atoms with Crippen molar-refractivity contribution < 1.29 is 19.1 Å². The summed E-state index contributed by atoms with van der Waals surface area (Å²) >= 11 is 0. The highest BCUT2D eigenvalue weighted by atomic mass is 28.3. The number of morpholine rings is 1. The topological polar surface area (TPSA) is 74.1 Å². The molecule has 0 spiro atoms. The molecule has 1 aromatic rings. The fraction of sp³-hybridized carbons (Fsp3) is 0.625. The summed E-state index contributed by atoms with van der Waals surface area (Å²) in [7, 11) is -1.11. The maximum absolute atomic E-state index is 11.3.